The highest BCUT2D eigenvalue weighted by molar-refractivity contribution is 5.81. The van der Waals surface area contributed by atoms with E-state index in [2.05, 4.69) is 0 Å². The van der Waals surface area contributed by atoms with Crippen molar-refractivity contribution < 1.29 is 23.1 Å². The van der Waals surface area contributed by atoms with E-state index in [1.165, 1.54) is 6.92 Å². The van der Waals surface area contributed by atoms with Crippen molar-refractivity contribution in [2.45, 2.75) is 13.1 Å². The molecule has 0 radical (unpaired) electrons. The lowest BCUT2D eigenvalue weighted by Gasteiger charge is -2.10. The first-order valence-electron chi connectivity index (χ1n) is 3.33. The Morgan fingerprint density at radius 3 is 2.42 bits per heavy atom. The van der Waals surface area contributed by atoms with E-state index in [1.807, 2.05) is 0 Å². The summed E-state index contributed by atoms with van der Waals surface area (Å²) in [5.41, 5.74) is 0. The summed E-state index contributed by atoms with van der Waals surface area (Å²) in [7, 11) is 0. The monoisotopic (exact) mass is 185 g/mol. The van der Waals surface area contributed by atoms with E-state index in [1.54, 1.807) is 5.32 Å². The first-order chi connectivity index (χ1) is 5.38. The molecule has 1 atom stereocenters. The van der Waals surface area contributed by atoms with Gasteiger partial charge in [0.05, 0.1) is 0 Å². The summed E-state index contributed by atoms with van der Waals surface area (Å²) in [5.74, 6) is -2.33. The van der Waals surface area contributed by atoms with Crippen molar-refractivity contribution in [3.05, 3.63) is 0 Å². The van der Waals surface area contributed by atoms with Gasteiger partial charge in [-0.05, 0) is 5.92 Å². The van der Waals surface area contributed by atoms with Crippen LogP contribution in [0.25, 0.3) is 0 Å². The summed E-state index contributed by atoms with van der Waals surface area (Å²) in [4.78, 5) is 10.2. The molecule has 0 aromatic rings. The first-order valence-corrected chi connectivity index (χ1v) is 3.33. The molecule has 0 bridgehead atoms. The van der Waals surface area contributed by atoms with Crippen LogP contribution >= 0.6 is 0 Å². The molecule has 6 heteroatoms. The summed E-state index contributed by atoms with van der Waals surface area (Å²) in [6, 6.07) is 0. The lowest BCUT2D eigenvalue weighted by molar-refractivity contribution is -0.173. The molecule has 2 N–H and O–H groups in total. The minimum Gasteiger partial charge on any atom is -0.396 e. The Balaban J connectivity index is 3.73. The number of hydrogen-bond donors (Lipinski definition) is 2. The summed E-state index contributed by atoms with van der Waals surface area (Å²) < 4.78 is 34.6. The third-order valence-corrected chi connectivity index (χ3v) is 1.18. The number of carbonyl (C=O) groups excluding carboxylic acids is 1. The maximum Gasteiger partial charge on any atom is 0.471 e. The molecule has 0 rings (SSSR count). The van der Waals surface area contributed by atoms with E-state index in [4.69, 9.17) is 5.11 Å². The number of halogens is 3. The van der Waals surface area contributed by atoms with Crippen LogP contribution in [0.1, 0.15) is 6.92 Å². The smallest absolute Gasteiger partial charge is 0.396 e. The molecule has 0 spiro atoms. The van der Waals surface area contributed by atoms with Gasteiger partial charge in [0, 0.05) is 13.2 Å². The molecule has 0 saturated heterocycles. The number of nitrogens with one attached hydrogen (secondary N) is 1. The fourth-order valence-corrected chi connectivity index (χ4v) is 0.432. The molecule has 0 aliphatic rings. The summed E-state index contributed by atoms with van der Waals surface area (Å²) in [6.07, 6.45) is -4.84. The first kappa shape index (κ1) is 11.2. The molecule has 0 unspecified atom stereocenters. The highest BCUT2D eigenvalue weighted by atomic mass is 19.4. The SMILES string of the molecule is C[C@H](CO)CNC(=O)C(F)(F)F. The third kappa shape index (κ3) is 4.17. The van der Waals surface area contributed by atoms with Crippen molar-refractivity contribution in [2.24, 2.45) is 5.92 Å². The molecule has 0 aliphatic heterocycles. The van der Waals surface area contributed by atoms with E-state index >= 15 is 0 Å². The number of carbonyl (C=O) groups is 1. The van der Waals surface area contributed by atoms with Gasteiger partial charge in [-0.15, -0.1) is 0 Å². The summed E-state index contributed by atoms with van der Waals surface area (Å²) in [5, 5.41) is 10.1. The molecule has 3 nitrogen and oxygen atoms in total. The van der Waals surface area contributed by atoms with Crippen LogP contribution in [-0.2, 0) is 4.79 Å². The molecule has 0 fully saturated rings. The van der Waals surface area contributed by atoms with Crippen LogP contribution in [0.15, 0.2) is 0 Å². The van der Waals surface area contributed by atoms with E-state index in [0.717, 1.165) is 0 Å². The zero-order chi connectivity index (χ0) is 9.78. The largest absolute Gasteiger partial charge is 0.471 e. The van der Waals surface area contributed by atoms with Crippen molar-refractivity contribution in [1.29, 1.82) is 0 Å². The lowest BCUT2D eigenvalue weighted by Crippen LogP contribution is -2.39. The van der Waals surface area contributed by atoms with Gasteiger partial charge in [-0.25, -0.2) is 0 Å². The van der Waals surface area contributed by atoms with Crippen LogP contribution in [0.5, 0.6) is 0 Å². The van der Waals surface area contributed by atoms with E-state index in [0.29, 0.717) is 0 Å². The standard InChI is InChI=1S/C6H10F3NO2/c1-4(3-11)2-10-5(12)6(7,8)9/h4,11H,2-3H2,1H3,(H,10,12)/t4-/m0/s1. The summed E-state index contributed by atoms with van der Waals surface area (Å²) >= 11 is 0. The molecule has 1 amide bonds. The molecular formula is C6H10F3NO2. The Morgan fingerprint density at radius 2 is 2.08 bits per heavy atom. The number of rotatable bonds is 3. The molecule has 12 heavy (non-hydrogen) atoms. The fourth-order valence-electron chi connectivity index (χ4n) is 0.432. The molecule has 0 aliphatic carbocycles. The molecule has 0 aromatic heterocycles. The third-order valence-electron chi connectivity index (χ3n) is 1.18. The maximum absolute atomic E-state index is 11.5. The van der Waals surface area contributed by atoms with Crippen molar-refractivity contribution in [3.8, 4) is 0 Å². The van der Waals surface area contributed by atoms with Gasteiger partial charge in [-0.1, -0.05) is 6.92 Å². The highest BCUT2D eigenvalue weighted by Crippen LogP contribution is 2.13. The second-order valence-corrected chi connectivity index (χ2v) is 2.50. The number of aliphatic hydroxyl groups is 1. The Labute approximate surface area is 67.6 Å². The van der Waals surface area contributed by atoms with Crippen LogP contribution < -0.4 is 5.32 Å². The van der Waals surface area contributed by atoms with Gasteiger partial charge in [-0.2, -0.15) is 13.2 Å². The van der Waals surface area contributed by atoms with Crippen LogP contribution in [0, 0.1) is 5.92 Å². The maximum atomic E-state index is 11.5. The Morgan fingerprint density at radius 1 is 1.58 bits per heavy atom. The zero-order valence-corrected chi connectivity index (χ0v) is 6.48. The van der Waals surface area contributed by atoms with Crippen LogP contribution in [0.3, 0.4) is 0 Å². The second-order valence-electron chi connectivity index (χ2n) is 2.50. The van der Waals surface area contributed by atoms with Gasteiger partial charge in [0.15, 0.2) is 0 Å². The van der Waals surface area contributed by atoms with Crippen molar-refractivity contribution >= 4 is 5.91 Å². The van der Waals surface area contributed by atoms with Gasteiger partial charge < -0.3 is 10.4 Å². The average Bonchev–Trinajstić information content (AvgIpc) is 1.97. The fraction of sp³-hybridized carbons (Fsp3) is 0.833. The van der Waals surface area contributed by atoms with E-state index in [9.17, 15) is 18.0 Å². The predicted octanol–water partition coefficient (Wildman–Crippen LogP) is 0.293. The number of hydrogen-bond acceptors (Lipinski definition) is 2. The number of alkyl halides is 3. The second kappa shape index (κ2) is 4.30. The van der Waals surface area contributed by atoms with Crippen LogP contribution in [0.4, 0.5) is 13.2 Å². The Kier molecular flexibility index (Phi) is 4.02. The number of amides is 1. The number of aliphatic hydroxyl groups excluding tert-OH is 1. The van der Waals surface area contributed by atoms with Gasteiger partial charge in [-0.3, -0.25) is 4.79 Å². The Hall–Kier alpha value is -0.780. The molecular weight excluding hydrogens is 175 g/mol. The predicted molar refractivity (Wildman–Crippen MR) is 35.3 cm³/mol. The normalized spacial score (nSPS) is 14.1. The van der Waals surface area contributed by atoms with Gasteiger partial charge in [0.25, 0.3) is 0 Å². The van der Waals surface area contributed by atoms with Gasteiger partial charge in [0.1, 0.15) is 0 Å². The average molecular weight is 185 g/mol. The minimum atomic E-state index is -4.84. The zero-order valence-electron chi connectivity index (χ0n) is 6.48. The van der Waals surface area contributed by atoms with Crippen LogP contribution in [-0.4, -0.2) is 30.3 Å². The van der Waals surface area contributed by atoms with E-state index in [-0.39, 0.29) is 19.1 Å². The van der Waals surface area contributed by atoms with Crippen molar-refractivity contribution in [2.75, 3.05) is 13.2 Å². The topological polar surface area (TPSA) is 49.3 Å². The molecule has 0 aromatic carbocycles. The molecule has 0 heterocycles. The molecule has 72 valence electrons. The van der Waals surface area contributed by atoms with Gasteiger partial charge in [0.2, 0.25) is 0 Å². The molecule has 0 saturated carbocycles. The highest BCUT2D eigenvalue weighted by Gasteiger charge is 2.38. The summed E-state index contributed by atoms with van der Waals surface area (Å²) in [6.45, 7) is 1.10. The quantitative estimate of drug-likeness (QED) is 0.664. The van der Waals surface area contributed by atoms with Gasteiger partial charge >= 0.3 is 12.1 Å². The Bertz CT molecular complexity index is 157. The van der Waals surface area contributed by atoms with Crippen molar-refractivity contribution in [1.82, 2.24) is 5.32 Å². The minimum absolute atomic E-state index is 0.172. The van der Waals surface area contributed by atoms with Crippen LogP contribution in [0.2, 0.25) is 0 Å². The lowest BCUT2D eigenvalue weighted by atomic mass is 10.2. The van der Waals surface area contributed by atoms with Crippen molar-refractivity contribution in [3.63, 3.8) is 0 Å². The van der Waals surface area contributed by atoms with E-state index < -0.39 is 12.1 Å².